The molecule has 2 aromatic rings. The molecule has 1 aliphatic rings. The molecule has 3 heteroatoms. The minimum atomic E-state index is 0.522. The lowest BCUT2D eigenvalue weighted by molar-refractivity contribution is 0.617. The van der Waals surface area contributed by atoms with Gasteiger partial charge in [0.2, 0.25) is 0 Å². The van der Waals surface area contributed by atoms with Crippen LogP contribution in [-0.4, -0.2) is 17.6 Å². The Labute approximate surface area is 127 Å². The van der Waals surface area contributed by atoms with E-state index in [0.29, 0.717) is 6.04 Å². The number of rotatable bonds is 4. The topological polar surface area (TPSA) is 28.2 Å². The molecular formula is C18H23N3. The van der Waals surface area contributed by atoms with E-state index in [0.717, 1.165) is 18.8 Å². The Hall–Kier alpha value is -1.87. The minimum Gasteiger partial charge on any atom is -0.338 e. The van der Waals surface area contributed by atoms with Crippen LogP contribution in [0.4, 0.5) is 11.4 Å². The molecule has 21 heavy (non-hydrogen) atoms. The van der Waals surface area contributed by atoms with Crippen LogP contribution in [0.5, 0.6) is 0 Å². The molecule has 110 valence electrons. The Morgan fingerprint density at radius 2 is 2.14 bits per heavy atom. The van der Waals surface area contributed by atoms with E-state index in [4.69, 9.17) is 0 Å². The number of nitrogens with one attached hydrogen (secondary N) is 1. The van der Waals surface area contributed by atoms with Gasteiger partial charge in [-0.15, -0.1) is 0 Å². The normalized spacial score (nSPS) is 17.6. The molecule has 1 N–H and O–H groups in total. The number of fused-ring (bicyclic) bond motifs is 1. The summed E-state index contributed by atoms with van der Waals surface area (Å²) >= 11 is 0. The number of nitrogens with zero attached hydrogens (tertiary/aromatic N) is 2. The molecular weight excluding hydrogens is 258 g/mol. The van der Waals surface area contributed by atoms with Crippen molar-refractivity contribution in [2.45, 2.75) is 39.3 Å². The Morgan fingerprint density at radius 3 is 3.00 bits per heavy atom. The number of pyridine rings is 1. The van der Waals surface area contributed by atoms with Crippen molar-refractivity contribution in [2.75, 3.05) is 11.4 Å². The van der Waals surface area contributed by atoms with Gasteiger partial charge in [0.05, 0.1) is 5.69 Å². The molecule has 0 fully saturated rings. The summed E-state index contributed by atoms with van der Waals surface area (Å²) in [5, 5.41) is 3.34. The molecule has 0 bridgehead atoms. The quantitative estimate of drug-likeness (QED) is 0.927. The van der Waals surface area contributed by atoms with Crippen molar-refractivity contribution in [2.24, 2.45) is 0 Å². The number of aromatic nitrogens is 1. The van der Waals surface area contributed by atoms with Crippen molar-refractivity contribution in [3.05, 3.63) is 53.9 Å². The number of aryl methyl sites for hydroxylation is 1. The van der Waals surface area contributed by atoms with Gasteiger partial charge in [-0.3, -0.25) is 4.98 Å². The Kier molecular flexibility index (Phi) is 4.20. The van der Waals surface area contributed by atoms with Gasteiger partial charge in [0, 0.05) is 30.2 Å². The van der Waals surface area contributed by atoms with Crippen molar-refractivity contribution in [1.82, 2.24) is 10.3 Å². The number of hydrogen-bond donors (Lipinski definition) is 1. The molecule has 0 amide bonds. The number of para-hydroxylation sites is 1. The fourth-order valence-electron chi connectivity index (χ4n) is 3.05. The average Bonchev–Trinajstić information content (AvgIpc) is 2.53. The molecule has 0 saturated heterocycles. The van der Waals surface area contributed by atoms with E-state index >= 15 is 0 Å². The largest absolute Gasteiger partial charge is 0.338 e. The number of anilines is 2. The molecule has 0 spiro atoms. The van der Waals surface area contributed by atoms with Gasteiger partial charge in [-0.1, -0.05) is 25.1 Å². The lowest BCUT2D eigenvalue weighted by Crippen LogP contribution is -2.33. The smallest absolute Gasteiger partial charge is 0.0562 e. The SMILES string of the molecule is CCNCc1cc(N2c3ccccc3CCC2C)ccn1. The minimum absolute atomic E-state index is 0.522. The summed E-state index contributed by atoms with van der Waals surface area (Å²) in [5.41, 5.74) is 5.14. The van der Waals surface area contributed by atoms with Crippen molar-refractivity contribution in [1.29, 1.82) is 0 Å². The van der Waals surface area contributed by atoms with Crippen LogP contribution in [0.1, 0.15) is 31.5 Å². The van der Waals surface area contributed by atoms with Crippen LogP contribution in [0.3, 0.4) is 0 Å². The van der Waals surface area contributed by atoms with Gasteiger partial charge in [0.1, 0.15) is 0 Å². The van der Waals surface area contributed by atoms with Crippen LogP contribution in [-0.2, 0) is 13.0 Å². The molecule has 0 aliphatic carbocycles. The third-order valence-corrected chi connectivity index (χ3v) is 4.16. The summed E-state index contributed by atoms with van der Waals surface area (Å²) in [6, 6.07) is 13.6. The van der Waals surface area contributed by atoms with E-state index in [9.17, 15) is 0 Å². The molecule has 3 rings (SSSR count). The summed E-state index contributed by atoms with van der Waals surface area (Å²) in [5.74, 6) is 0. The Balaban J connectivity index is 1.95. The maximum Gasteiger partial charge on any atom is 0.0562 e. The van der Waals surface area contributed by atoms with E-state index in [1.165, 1.54) is 29.8 Å². The molecule has 2 heterocycles. The highest BCUT2D eigenvalue weighted by molar-refractivity contribution is 5.68. The lowest BCUT2D eigenvalue weighted by atomic mass is 9.96. The van der Waals surface area contributed by atoms with Gasteiger partial charge in [0.25, 0.3) is 0 Å². The molecule has 1 aromatic heterocycles. The van der Waals surface area contributed by atoms with E-state index in [1.807, 2.05) is 6.20 Å². The summed E-state index contributed by atoms with van der Waals surface area (Å²) in [4.78, 5) is 6.92. The third kappa shape index (κ3) is 2.93. The zero-order valence-corrected chi connectivity index (χ0v) is 12.8. The first-order chi connectivity index (χ1) is 10.3. The highest BCUT2D eigenvalue weighted by atomic mass is 15.2. The number of benzene rings is 1. The van der Waals surface area contributed by atoms with E-state index in [1.54, 1.807) is 0 Å². The average molecular weight is 281 g/mol. The highest BCUT2D eigenvalue weighted by Crippen LogP contribution is 2.36. The lowest BCUT2D eigenvalue weighted by Gasteiger charge is -2.37. The molecule has 3 nitrogen and oxygen atoms in total. The maximum atomic E-state index is 4.46. The zero-order valence-electron chi connectivity index (χ0n) is 12.8. The van der Waals surface area contributed by atoms with Crippen LogP contribution >= 0.6 is 0 Å². The standard InChI is InChI=1S/C18H23N3/c1-3-19-13-16-12-17(10-11-20-16)21-14(2)8-9-15-6-4-5-7-18(15)21/h4-7,10-12,14,19H,3,8-9,13H2,1-2H3. The molecule has 1 aromatic carbocycles. The summed E-state index contributed by atoms with van der Waals surface area (Å²) in [6.07, 6.45) is 4.29. The first-order valence-corrected chi connectivity index (χ1v) is 7.82. The van der Waals surface area contributed by atoms with Gasteiger partial charge in [-0.25, -0.2) is 0 Å². The first-order valence-electron chi connectivity index (χ1n) is 7.82. The van der Waals surface area contributed by atoms with Gasteiger partial charge in [0.15, 0.2) is 0 Å². The van der Waals surface area contributed by atoms with Crippen LogP contribution in [0, 0.1) is 0 Å². The monoisotopic (exact) mass is 281 g/mol. The van der Waals surface area contributed by atoms with Crippen molar-refractivity contribution < 1.29 is 0 Å². The highest BCUT2D eigenvalue weighted by Gasteiger charge is 2.24. The predicted octanol–water partition coefficient (Wildman–Crippen LogP) is 3.66. The van der Waals surface area contributed by atoms with E-state index in [-0.39, 0.29) is 0 Å². The van der Waals surface area contributed by atoms with Crippen LogP contribution in [0.25, 0.3) is 0 Å². The summed E-state index contributed by atoms with van der Waals surface area (Å²) in [6.45, 7) is 6.22. The van der Waals surface area contributed by atoms with Gasteiger partial charge in [-0.05, 0) is 50.1 Å². The van der Waals surface area contributed by atoms with E-state index < -0.39 is 0 Å². The van der Waals surface area contributed by atoms with Crippen LogP contribution < -0.4 is 10.2 Å². The second-order valence-corrected chi connectivity index (χ2v) is 5.67. The van der Waals surface area contributed by atoms with Crippen molar-refractivity contribution in [3.63, 3.8) is 0 Å². The second-order valence-electron chi connectivity index (χ2n) is 5.67. The second kappa shape index (κ2) is 6.27. The Morgan fingerprint density at radius 1 is 1.29 bits per heavy atom. The maximum absolute atomic E-state index is 4.46. The van der Waals surface area contributed by atoms with Crippen molar-refractivity contribution >= 4 is 11.4 Å². The molecule has 1 unspecified atom stereocenters. The zero-order chi connectivity index (χ0) is 14.7. The number of hydrogen-bond acceptors (Lipinski definition) is 3. The van der Waals surface area contributed by atoms with E-state index in [2.05, 4.69) is 65.4 Å². The Bertz CT molecular complexity index is 609. The van der Waals surface area contributed by atoms with Gasteiger partial charge in [-0.2, -0.15) is 0 Å². The van der Waals surface area contributed by atoms with Gasteiger partial charge >= 0.3 is 0 Å². The first kappa shape index (κ1) is 14.1. The van der Waals surface area contributed by atoms with Crippen LogP contribution in [0.15, 0.2) is 42.6 Å². The molecule has 0 radical (unpaired) electrons. The van der Waals surface area contributed by atoms with Crippen molar-refractivity contribution in [3.8, 4) is 0 Å². The molecule has 0 saturated carbocycles. The van der Waals surface area contributed by atoms with Crippen LogP contribution in [0.2, 0.25) is 0 Å². The molecule has 1 atom stereocenters. The predicted molar refractivity (Wildman–Crippen MR) is 88.0 cm³/mol. The summed E-state index contributed by atoms with van der Waals surface area (Å²) in [7, 11) is 0. The fourth-order valence-corrected chi connectivity index (χ4v) is 3.05. The molecule has 1 aliphatic heterocycles. The summed E-state index contributed by atoms with van der Waals surface area (Å²) < 4.78 is 0. The third-order valence-electron chi connectivity index (χ3n) is 4.16. The van der Waals surface area contributed by atoms with Gasteiger partial charge < -0.3 is 10.2 Å². The fraction of sp³-hybridized carbons (Fsp3) is 0.389.